The Labute approximate surface area is 159 Å². The Morgan fingerprint density at radius 1 is 1.19 bits per heavy atom. The summed E-state index contributed by atoms with van der Waals surface area (Å²) in [6.07, 6.45) is -0.504. The third kappa shape index (κ3) is 3.00. The molecule has 0 fully saturated rings. The zero-order valence-electron chi connectivity index (χ0n) is 13.9. The third-order valence-corrected chi connectivity index (χ3v) is 4.73. The van der Waals surface area contributed by atoms with Gasteiger partial charge in [-0.2, -0.15) is 0 Å². The number of carbonyl (C=O) groups excluding carboxylic acids is 2. The third-order valence-electron chi connectivity index (χ3n) is 4.22. The van der Waals surface area contributed by atoms with Crippen molar-refractivity contribution in [3.8, 4) is 11.5 Å². The van der Waals surface area contributed by atoms with Crippen molar-refractivity contribution in [2.24, 2.45) is 0 Å². The lowest BCUT2D eigenvalue weighted by atomic mass is 9.88. The monoisotopic (exact) mass is 395 g/mol. The molecule has 6 nitrogen and oxygen atoms in total. The smallest absolute Gasteiger partial charge is 0.261 e. The summed E-state index contributed by atoms with van der Waals surface area (Å²) in [7, 11) is 2.91. The number of ketones is 1. The molecule has 0 spiro atoms. The molecule has 2 aromatic carbocycles. The maximum atomic E-state index is 12.8. The highest BCUT2D eigenvalue weighted by molar-refractivity contribution is 6.36. The van der Waals surface area contributed by atoms with Gasteiger partial charge in [-0.1, -0.05) is 23.2 Å². The Balaban J connectivity index is 1.99. The molecule has 8 heteroatoms. The summed E-state index contributed by atoms with van der Waals surface area (Å²) in [6.45, 7) is 0. The molecular formula is C18H15Cl2NO5. The Kier molecular flexibility index (Phi) is 4.84. The van der Waals surface area contributed by atoms with Crippen molar-refractivity contribution in [3.63, 3.8) is 0 Å². The van der Waals surface area contributed by atoms with E-state index in [1.807, 2.05) is 0 Å². The molecule has 136 valence electrons. The van der Waals surface area contributed by atoms with Crippen molar-refractivity contribution in [1.29, 1.82) is 0 Å². The van der Waals surface area contributed by atoms with Gasteiger partial charge in [0.2, 0.25) is 0 Å². The molecule has 0 radical (unpaired) electrons. The first-order valence-electron chi connectivity index (χ1n) is 7.58. The molecule has 0 saturated heterocycles. The molecule has 1 unspecified atom stereocenters. The van der Waals surface area contributed by atoms with Crippen LogP contribution in [0.5, 0.6) is 11.5 Å². The fraction of sp³-hybridized carbons (Fsp3) is 0.222. The van der Waals surface area contributed by atoms with Crippen LogP contribution in [0.3, 0.4) is 0 Å². The van der Waals surface area contributed by atoms with Gasteiger partial charge in [0.05, 0.1) is 36.9 Å². The van der Waals surface area contributed by atoms with Crippen LogP contribution in [0.1, 0.15) is 22.3 Å². The number of aliphatic hydroxyl groups is 1. The van der Waals surface area contributed by atoms with Crippen molar-refractivity contribution in [2.45, 2.75) is 12.0 Å². The first kappa shape index (κ1) is 18.5. The summed E-state index contributed by atoms with van der Waals surface area (Å²) in [6, 6.07) is 7.53. The SMILES string of the molecule is COc1ccc(C(=O)CC2(O)C(=O)Nc3cc(Cl)cc(Cl)c32)c(OC)c1. The van der Waals surface area contributed by atoms with Crippen molar-refractivity contribution in [3.05, 3.63) is 51.5 Å². The largest absolute Gasteiger partial charge is 0.497 e. The van der Waals surface area contributed by atoms with Gasteiger partial charge in [-0.25, -0.2) is 0 Å². The number of anilines is 1. The number of amides is 1. The lowest BCUT2D eigenvalue weighted by Crippen LogP contribution is -2.36. The number of ether oxygens (including phenoxy) is 2. The number of methoxy groups -OCH3 is 2. The van der Waals surface area contributed by atoms with Gasteiger partial charge >= 0.3 is 0 Å². The van der Waals surface area contributed by atoms with E-state index in [-0.39, 0.29) is 27.6 Å². The Morgan fingerprint density at radius 2 is 1.92 bits per heavy atom. The zero-order valence-corrected chi connectivity index (χ0v) is 15.4. The summed E-state index contributed by atoms with van der Waals surface area (Å²) >= 11 is 12.1. The minimum absolute atomic E-state index is 0.0999. The van der Waals surface area contributed by atoms with Crippen molar-refractivity contribution in [1.82, 2.24) is 0 Å². The fourth-order valence-electron chi connectivity index (χ4n) is 2.96. The van der Waals surface area contributed by atoms with Crippen LogP contribution in [-0.4, -0.2) is 31.0 Å². The molecule has 0 saturated carbocycles. The van der Waals surface area contributed by atoms with Gasteiger partial charge < -0.3 is 19.9 Å². The molecule has 0 aliphatic carbocycles. The quantitative estimate of drug-likeness (QED) is 0.757. The van der Waals surface area contributed by atoms with Gasteiger partial charge in [-0.05, 0) is 24.3 Å². The minimum atomic E-state index is -2.10. The van der Waals surface area contributed by atoms with E-state index in [4.69, 9.17) is 32.7 Å². The lowest BCUT2D eigenvalue weighted by molar-refractivity contribution is -0.133. The number of rotatable bonds is 5. The Hall–Kier alpha value is -2.28. The lowest BCUT2D eigenvalue weighted by Gasteiger charge is -2.21. The van der Waals surface area contributed by atoms with Crippen LogP contribution in [0.2, 0.25) is 10.0 Å². The van der Waals surface area contributed by atoms with Gasteiger partial charge in [0.1, 0.15) is 11.5 Å². The molecule has 2 N–H and O–H groups in total. The predicted octanol–water partition coefficient (Wildman–Crippen LogP) is 3.42. The average Bonchev–Trinajstić information content (AvgIpc) is 2.84. The molecule has 26 heavy (non-hydrogen) atoms. The zero-order chi connectivity index (χ0) is 19.1. The summed E-state index contributed by atoms with van der Waals surface area (Å²) in [5.41, 5.74) is -1.47. The average molecular weight is 396 g/mol. The fourth-order valence-corrected chi connectivity index (χ4v) is 3.61. The van der Waals surface area contributed by atoms with Gasteiger partial charge in [0.15, 0.2) is 11.4 Å². The van der Waals surface area contributed by atoms with Crippen LogP contribution in [0, 0.1) is 0 Å². The van der Waals surface area contributed by atoms with E-state index >= 15 is 0 Å². The van der Waals surface area contributed by atoms with E-state index in [1.54, 1.807) is 12.1 Å². The first-order chi connectivity index (χ1) is 12.3. The van der Waals surface area contributed by atoms with E-state index in [2.05, 4.69) is 5.32 Å². The van der Waals surface area contributed by atoms with Crippen LogP contribution >= 0.6 is 23.2 Å². The van der Waals surface area contributed by atoms with Crippen molar-refractivity contribution in [2.75, 3.05) is 19.5 Å². The molecule has 0 bridgehead atoms. The predicted molar refractivity (Wildman–Crippen MR) is 97.5 cm³/mol. The highest BCUT2D eigenvalue weighted by Crippen LogP contribution is 2.45. The molecule has 0 aromatic heterocycles. The van der Waals surface area contributed by atoms with Crippen LogP contribution < -0.4 is 14.8 Å². The number of hydrogen-bond acceptors (Lipinski definition) is 5. The number of Topliss-reactive ketones (excluding diaryl/α,β-unsaturated/α-hetero) is 1. The first-order valence-corrected chi connectivity index (χ1v) is 8.34. The van der Waals surface area contributed by atoms with Gasteiger partial charge in [-0.15, -0.1) is 0 Å². The van der Waals surface area contributed by atoms with Gasteiger partial charge in [0, 0.05) is 16.7 Å². The van der Waals surface area contributed by atoms with Crippen LogP contribution in [0.15, 0.2) is 30.3 Å². The maximum absolute atomic E-state index is 12.8. The number of hydrogen-bond donors (Lipinski definition) is 2. The molecule has 1 atom stereocenters. The molecular weight excluding hydrogens is 381 g/mol. The summed E-state index contributed by atoms with van der Waals surface area (Å²) in [5, 5.41) is 13.9. The Morgan fingerprint density at radius 3 is 2.58 bits per heavy atom. The number of halogens is 2. The topological polar surface area (TPSA) is 84.9 Å². The number of benzene rings is 2. The van der Waals surface area contributed by atoms with Crippen molar-refractivity contribution >= 4 is 40.6 Å². The molecule has 1 amide bonds. The molecule has 1 heterocycles. The molecule has 2 aromatic rings. The minimum Gasteiger partial charge on any atom is -0.497 e. The van der Waals surface area contributed by atoms with E-state index < -0.39 is 23.7 Å². The number of nitrogens with one attached hydrogen (secondary N) is 1. The van der Waals surface area contributed by atoms with Crippen LogP contribution in [0.25, 0.3) is 0 Å². The van der Waals surface area contributed by atoms with Gasteiger partial charge in [-0.3, -0.25) is 9.59 Å². The summed E-state index contributed by atoms with van der Waals surface area (Å²) in [4.78, 5) is 25.2. The molecule has 1 aliphatic rings. The number of carbonyl (C=O) groups is 2. The highest BCUT2D eigenvalue weighted by Gasteiger charge is 2.48. The normalized spacial score (nSPS) is 18.3. The highest BCUT2D eigenvalue weighted by atomic mass is 35.5. The van der Waals surface area contributed by atoms with E-state index in [0.717, 1.165) is 0 Å². The van der Waals surface area contributed by atoms with Crippen molar-refractivity contribution < 1.29 is 24.2 Å². The maximum Gasteiger partial charge on any atom is 0.261 e. The van der Waals surface area contributed by atoms with E-state index in [9.17, 15) is 14.7 Å². The summed E-state index contributed by atoms with van der Waals surface area (Å²) in [5.74, 6) is -0.434. The second kappa shape index (κ2) is 6.79. The standard InChI is InChI=1S/C18H15Cl2NO5/c1-25-10-3-4-11(15(7-10)26-2)14(22)8-18(24)16-12(20)5-9(19)6-13(16)21-17(18)23/h3-7,24H,8H2,1-2H3,(H,21,23). The number of fused-ring (bicyclic) bond motifs is 1. The second-order valence-electron chi connectivity index (χ2n) is 5.79. The molecule has 1 aliphatic heterocycles. The van der Waals surface area contributed by atoms with E-state index in [1.165, 1.54) is 32.4 Å². The second-order valence-corrected chi connectivity index (χ2v) is 6.63. The van der Waals surface area contributed by atoms with Crippen LogP contribution in [0.4, 0.5) is 5.69 Å². The Bertz CT molecular complexity index is 915. The van der Waals surface area contributed by atoms with E-state index in [0.29, 0.717) is 10.8 Å². The molecule has 3 rings (SSSR count). The van der Waals surface area contributed by atoms with Gasteiger partial charge in [0.25, 0.3) is 5.91 Å². The van der Waals surface area contributed by atoms with Crippen LogP contribution in [-0.2, 0) is 10.4 Å². The summed E-state index contributed by atoms with van der Waals surface area (Å²) < 4.78 is 10.3.